The Morgan fingerprint density at radius 1 is 0.926 bits per heavy atom. The highest BCUT2D eigenvalue weighted by molar-refractivity contribution is 5.96. The van der Waals surface area contributed by atoms with E-state index < -0.39 is 12.1 Å². The minimum absolute atomic E-state index is 0.247. The molecule has 0 saturated heterocycles. The van der Waals surface area contributed by atoms with E-state index in [1.54, 1.807) is 13.0 Å². The summed E-state index contributed by atoms with van der Waals surface area (Å²) in [5, 5.41) is 2.84. The van der Waals surface area contributed by atoms with Crippen molar-refractivity contribution < 1.29 is 19.1 Å². The zero-order valence-electron chi connectivity index (χ0n) is 16.8. The zero-order chi connectivity index (χ0) is 20.1. The normalized spacial score (nSPS) is 11.6. The van der Waals surface area contributed by atoms with Crippen LogP contribution in [0.3, 0.4) is 0 Å². The van der Waals surface area contributed by atoms with Crippen LogP contribution in [0.5, 0.6) is 5.75 Å². The minimum Gasteiger partial charge on any atom is -0.482 e. The third-order valence-corrected chi connectivity index (χ3v) is 4.44. The van der Waals surface area contributed by atoms with Crippen molar-refractivity contribution in [3.05, 3.63) is 58.1 Å². The van der Waals surface area contributed by atoms with Crippen molar-refractivity contribution in [2.24, 2.45) is 0 Å². The van der Waals surface area contributed by atoms with Gasteiger partial charge in [-0.25, -0.2) is 4.79 Å². The summed E-state index contributed by atoms with van der Waals surface area (Å²) in [7, 11) is 0. The van der Waals surface area contributed by atoms with Crippen LogP contribution in [0.25, 0.3) is 0 Å². The molecule has 5 heteroatoms. The molecule has 1 amide bonds. The third kappa shape index (κ3) is 5.58. The Balaban J connectivity index is 1.90. The largest absolute Gasteiger partial charge is 0.482 e. The molecule has 0 unspecified atom stereocenters. The van der Waals surface area contributed by atoms with Crippen LogP contribution in [0.4, 0.5) is 5.69 Å². The quantitative estimate of drug-likeness (QED) is 0.776. The molecule has 0 aliphatic carbocycles. The maximum absolute atomic E-state index is 12.4. The lowest BCUT2D eigenvalue weighted by Crippen LogP contribution is -2.32. The highest BCUT2D eigenvalue weighted by Crippen LogP contribution is 2.22. The zero-order valence-corrected chi connectivity index (χ0v) is 16.8. The molecule has 0 aromatic heterocycles. The summed E-state index contributed by atoms with van der Waals surface area (Å²) in [6, 6.07) is 9.59. The van der Waals surface area contributed by atoms with Crippen LogP contribution in [-0.2, 0) is 14.3 Å². The van der Waals surface area contributed by atoms with E-state index in [1.807, 2.05) is 58.9 Å². The number of rotatable bonds is 6. The van der Waals surface area contributed by atoms with E-state index in [1.165, 1.54) is 0 Å². The first-order valence-electron chi connectivity index (χ1n) is 8.95. The van der Waals surface area contributed by atoms with E-state index in [4.69, 9.17) is 9.47 Å². The van der Waals surface area contributed by atoms with E-state index >= 15 is 0 Å². The lowest BCUT2D eigenvalue weighted by atomic mass is 10.0. The first-order chi connectivity index (χ1) is 12.7. The molecule has 144 valence electrons. The third-order valence-electron chi connectivity index (χ3n) is 4.44. The van der Waals surface area contributed by atoms with Gasteiger partial charge in [0.1, 0.15) is 5.75 Å². The molecule has 2 rings (SSSR count). The van der Waals surface area contributed by atoms with Gasteiger partial charge in [-0.3, -0.25) is 4.79 Å². The number of ether oxygens (including phenoxy) is 2. The number of carbonyl (C=O) groups is 2. The molecule has 5 nitrogen and oxygen atoms in total. The van der Waals surface area contributed by atoms with E-state index in [9.17, 15) is 9.59 Å². The maximum Gasteiger partial charge on any atom is 0.344 e. The highest BCUT2D eigenvalue weighted by Gasteiger charge is 2.19. The second kappa shape index (κ2) is 8.71. The molecular formula is C22H27NO4. The fraction of sp³-hybridized carbons (Fsp3) is 0.364. The molecule has 0 bridgehead atoms. The van der Waals surface area contributed by atoms with Gasteiger partial charge in [0.05, 0.1) is 0 Å². The standard InChI is InChI=1S/C22H27NO4/c1-13-9-16(4)21(17(5)10-13)23-22(25)18(6)27-20(24)12-26-19-8-7-14(2)15(3)11-19/h7-11,18H,12H2,1-6H3,(H,23,25)/t18-/m0/s1. The molecule has 2 aromatic carbocycles. The van der Waals surface area contributed by atoms with Crippen LogP contribution < -0.4 is 10.1 Å². The number of hydrogen-bond acceptors (Lipinski definition) is 4. The average molecular weight is 369 g/mol. The second-order valence-corrected chi connectivity index (χ2v) is 6.93. The van der Waals surface area contributed by atoms with E-state index in [0.717, 1.165) is 33.5 Å². The van der Waals surface area contributed by atoms with E-state index in [-0.39, 0.29) is 12.5 Å². The number of anilines is 1. The molecule has 0 heterocycles. The van der Waals surface area contributed by atoms with Gasteiger partial charge >= 0.3 is 5.97 Å². The van der Waals surface area contributed by atoms with Gasteiger partial charge in [0.25, 0.3) is 5.91 Å². The summed E-state index contributed by atoms with van der Waals surface area (Å²) in [5.74, 6) is -0.365. The van der Waals surface area contributed by atoms with Crippen molar-refractivity contribution in [1.82, 2.24) is 0 Å². The number of aryl methyl sites for hydroxylation is 5. The first-order valence-corrected chi connectivity index (χ1v) is 8.95. The van der Waals surface area contributed by atoms with Crippen LogP contribution in [-0.4, -0.2) is 24.6 Å². The molecule has 1 N–H and O–H groups in total. The van der Waals surface area contributed by atoms with Gasteiger partial charge in [-0.2, -0.15) is 0 Å². The number of esters is 1. The van der Waals surface area contributed by atoms with Gasteiger partial charge in [0.2, 0.25) is 0 Å². The molecular weight excluding hydrogens is 342 g/mol. The topological polar surface area (TPSA) is 64.6 Å². The van der Waals surface area contributed by atoms with Crippen LogP contribution in [0.1, 0.15) is 34.7 Å². The predicted molar refractivity (Wildman–Crippen MR) is 106 cm³/mol. The fourth-order valence-electron chi connectivity index (χ4n) is 2.83. The van der Waals surface area contributed by atoms with E-state index in [0.29, 0.717) is 5.75 Å². The van der Waals surface area contributed by atoms with Crippen molar-refractivity contribution in [1.29, 1.82) is 0 Å². The lowest BCUT2D eigenvalue weighted by molar-refractivity contribution is -0.155. The van der Waals surface area contributed by atoms with Crippen molar-refractivity contribution >= 4 is 17.6 Å². The van der Waals surface area contributed by atoms with Gasteiger partial charge in [0, 0.05) is 5.69 Å². The van der Waals surface area contributed by atoms with Gasteiger partial charge in [-0.05, 0) is 75.9 Å². The number of benzene rings is 2. The van der Waals surface area contributed by atoms with Crippen molar-refractivity contribution in [2.75, 3.05) is 11.9 Å². The molecule has 0 aliphatic rings. The Labute approximate surface area is 160 Å². The maximum atomic E-state index is 12.4. The summed E-state index contributed by atoms with van der Waals surface area (Å²) in [6.07, 6.45) is -0.916. The van der Waals surface area contributed by atoms with Gasteiger partial charge in [-0.1, -0.05) is 23.8 Å². The summed E-state index contributed by atoms with van der Waals surface area (Å²) >= 11 is 0. The minimum atomic E-state index is -0.916. The Morgan fingerprint density at radius 3 is 2.15 bits per heavy atom. The molecule has 2 aromatic rings. The molecule has 1 atom stereocenters. The summed E-state index contributed by atoms with van der Waals surface area (Å²) < 4.78 is 10.6. The summed E-state index contributed by atoms with van der Waals surface area (Å²) in [4.78, 5) is 24.4. The smallest absolute Gasteiger partial charge is 0.344 e. The molecule has 0 fully saturated rings. The monoisotopic (exact) mass is 369 g/mol. The van der Waals surface area contributed by atoms with Crippen LogP contribution >= 0.6 is 0 Å². The molecule has 27 heavy (non-hydrogen) atoms. The lowest BCUT2D eigenvalue weighted by Gasteiger charge is -2.17. The van der Waals surface area contributed by atoms with Gasteiger partial charge < -0.3 is 14.8 Å². The summed E-state index contributed by atoms with van der Waals surface area (Å²) in [6.45, 7) is 11.1. The Morgan fingerprint density at radius 2 is 1.56 bits per heavy atom. The van der Waals surface area contributed by atoms with Gasteiger partial charge in [-0.15, -0.1) is 0 Å². The Hall–Kier alpha value is -2.82. The van der Waals surface area contributed by atoms with Crippen LogP contribution in [0.2, 0.25) is 0 Å². The Kier molecular flexibility index (Phi) is 6.61. The number of carbonyl (C=O) groups excluding carboxylic acids is 2. The highest BCUT2D eigenvalue weighted by atomic mass is 16.6. The van der Waals surface area contributed by atoms with Crippen LogP contribution in [0, 0.1) is 34.6 Å². The van der Waals surface area contributed by atoms with Crippen molar-refractivity contribution in [3.63, 3.8) is 0 Å². The average Bonchev–Trinajstić information content (AvgIpc) is 2.58. The second-order valence-electron chi connectivity index (χ2n) is 6.93. The SMILES string of the molecule is Cc1cc(C)c(NC(=O)[C@H](C)OC(=O)COc2ccc(C)c(C)c2)c(C)c1. The molecule has 0 saturated carbocycles. The molecule has 0 radical (unpaired) electrons. The van der Waals surface area contributed by atoms with Crippen molar-refractivity contribution in [3.8, 4) is 5.75 Å². The van der Waals surface area contributed by atoms with E-state index in [2.05, 4.69) is 5.32 Å². The molecule has 0 aliphatic heterocycles. The Bertz CT molecular complexity index is 834. The fourth-order valence-corrected chi connectivity index (χ4v) is 2.83. The van der Waals surface area contributed by atoms with Crippen molar-refractivity contribution in [2.45, 2.75) is 47.6 Å². The summed E-state index contributed by atoms with van der Waals surface area (Å²) in [5.41, 5.74) is 6.05. The molecule has 0 spiro atoms. The number of nitrogens with one attached hydrogen (secondary N) is 1. The first kappa shape index (κ1) is 20.5. The van der Waals surface area contributed by atoms with Gasteiger partial charge in [0.15, 0.2) is 12.7 Å². The van der Waals surface area contributed by atoms with Crippen LogP contribution in [0.15, 0.2) is 30.3 Å². The number of hydrogen-bond donors (Lipinski definition) is 1. The predicted octanol–water partition coefficient (Wildman–Crippen LogP) is 4.18. The number of amides is 1.